The number of carbonyl (C=O) groups is 1. The zero-order valence-corrected chi connectivity index (χ0v) is 8.00. The van der Waals surface area contributed by atoms with Crippen molar-refractivity contribution in [2.24, 2.45) is 5.92 Å². The van der Waals surface area contributed by atoms with E-state index in [1.807, 2.05) is 0 Å². The van der Waals surface area contributed by atoms with E-state index in [1.54, 1.807) is 0 Å². The van der Waals surface area contributed by atoms with Gasteiger partial charge in [0, 0.05) is 18.9 Å². The molecule has 1 fully saturated rings. The minimum atomic E-state index is 0.132. The molecule has 0 aliphatic carbocycles. The summed E-state index contributed by atoms with van der Waals surface area (Å²) in [7, 11) is 0. The summed E-state index contributed by atoms with van der Waals surface area (Å²) in [5, 5.41) is 8.56. The molecule has 0 amide bonds. The largest absolute Gasteiger partial charge is 0.396 e. The molecular formula is C10H18O3. The van der Waals surface area contributed by atoms with E-state index in [1.165, 1.54) is 0 Å². The van der Waals surface area contributed by atoms with Crippen molar-refractivity contribution < 1.29 is 14.6 Å². The van der Waals surface area contributed by atoms with Crippen molar-refractivity contribution in [3.8, 4) is 0 Å². The molecule has 1 aliphatic heterocycles. The number of aliphatic hydroxyl groups is 1. The number of Topliss-reactive ketones (excluding diaryl/α,β-unsaturated/α-hetero) is 1. The maximum Gasteiger partial charge on any atom is 0.140 e. The van der Waals surface area contributed by atoms with Gasteiger partial charge in [-0.1, -0.05) is 12.8 Å². The molecule has 3 heteroatoms. The van der Waals surface area contributed by atoms with Crippen molar-refractivity contribution in [2.45, 2.75) is 32.1 Å². The lowest BCUT2D eigenvalue weighted by atomic mass is 9.94. The minimum absolute atomic E-state index is 0.132. The van der Waals surface area contributed by atoms with Crippen LogP contribution in [0.2, 0.25) is 0 Å². The lowest BCUT2D eigenvalue weighted by Crippen LogP contribution is -2.27. The van der Waals surface area contributed by atoms with E-state index in [9.17, 15) is 4.79 Å². The molecule has 1 unspecified atom stereocenters. The normalized spacial score (nSPS) is 23.5. The third-order valence-electron chi connectivity index (χ3n) is 2.48. The van der Waals surface area contributed by atoms with E-state index < -0.39 is 0 Å². The van der Waals surface area contributed by atoms with Crippen LogP contribution in [0.15, 0.2) is 0 Å². The van der Waals surface area contributed by atoms with E-state index in [2.05, 4.69) is 0 Å². The number of aliphatic hydroxyl groups excluding tert-OH is 1. The summed E-state index contributed by atoms with van der Waals surface area (Å²) in [5.74, 6) is 0.489. The standard InChI is InChI=1S/C10H18O3/c11-6-3-1-2-4-9-8-13-7-5-10(9)12/h9,11H,1-8H2. The zero-order valence-electron chi connectivity index (χ0n) is 8.00. The molecule has 0 saturated carbocycles. The Morgan fingerprint density at radius 3 is 2.92 bits per heavy atom. The van der Waals surface area contributed by atoms with Gasteiger partial charge in [0.15, 0.2) is 0 Å². The third kappa shape index (κ3) is 3.87. The fourth-order valence-corrected chi connectivity index (χ4v) is 1.62. The van der Waals surface area contributed by atoms with Crippen molar-refractivity contribution in [3.63, 3.8) is 0 Å². The average molecular weight is 186 g/mol. The predicted molar refractivity (Wildman–Crippen MR) is 49.5 cm³/mol. The molecule has 1 rings (SSSR count). The van der Waals surface area contributed by atoms with Crippen LogP contribution in [-0.2, 0) is 9.53 Å². The van der Waals surface area contributed by atoms with Gasteiger partial charge in [-0.2, -0.15) is 0 Å². The van der Waals surface area contributed by atoms with E-state index in [0.717, 1.165) is 25.7 Å². The molecule has 0 aromatic rings. The van der Waals surface area contributed by atoms with E-state index >= 15 is 0 Å². The van der Waals surface area contributed by atoms with E-state index in [-0.39, 0.29) is 12.5 Å². The summed E-state index contributed by atoms with van der Waals surface area (Å²) in [5.41, 5.74) is 0. The number of hydrogen-bond donors (Lipinski definition) is 1. The van der Waals surface area contributed by atoms with Crippen LogP contribution in [-0.4, -0.2) is 30.7 Å². The van der Waals surface area contributed by atoms with Crippen LogP contribution >= 0.6 is 0 Å². The second-order valence-electron chi connectivity index (χ2n) is 3.56. The molecular weight excluding hydrogens is 168 g/mol. The number of ketones is 1. The van der Waals surface area contributed by atoms with Crippen LogP contribution in [0.1, 0.15) is 32.1 Å². The highest BCUT2D eigenvalue weighted by atomic mass is 16.5. The first-order valence-corrected chi connectivity index (χ1v) is 5.06. The number of hydrogen-bond acceptors (Lipinski definition) is 3. The van der Waals surface area contributed by atoms with Gasteiger partial charge in [0.1, 0.15) is 5.78 Å². The Morgan fingerprint density at radius 1 is 1.38 bits per heavy atom. The second kappa shape index (κ2) is 6.11. The SMILES string of the molecule is O=C1CCOCC1CCCCCO. The molecule has 0 radical (unpaired) electrons. The van der Waals surface area contributed by atoms with E-state index in [0.29, 0.717) is 25.4 Å². The third-order valence-corrected chi connectivity index (χ3v) is 2.48. The van der Waals surface area contributed by atoms with Crippen LogP contribution in [0.5, 0.6) is 0 Å². The van der Waals surface area contributed by atoms with Crippen LogP contribution in [0.25, 0.3) is 0 Å². The first kappa shape index (κ1) is 10.7. The molecule has 1 saturated heterocycles. The number of ether oxygens (including phenoxy) is 1. The zero-order chi connectivity index (χ0) is 9.52. The average Bonchev–Trinajstić information content (AvgIpc) is 2.15. The summed E-state index contributed by atoms with van der Waals surface area (Å²) in [4.78, 5) is 11.3. The Labute approximate surface area is 79.1 Å². The van der Waals surface area contributed by atoms with Gasteiger partial charge in [-0.3, -0.25) is 4.79 Å². The molecule has 13 heavy (non-hydrogen) atoms. The Kier molecular flexibility index (Phi) is 5.01. The lowest BCUT2D eigenvalue weighted by molar-refractivity contribution is -0.130. The summed E-state index contributed by atoms with van der Waals surface area (Å²) in [6.07, 6.45) is 4.41. The Morgan fingerprint density at radius 2 is 2.23 bits per heavy atom. The monoisotopic (exact) mass is 186 g/mol. The summed E-state index contributed by atoms with van der Waals surface area (Å²) < 4.78 is 5.24. The molecule has 3 nitrogen and oxygen atoms in total. The highest BCUT2D eigenvalue weighted by Gasteiger charge is 2.21. The molecule has 0 bridgehead atoms. The van der Waals surface area contributed by atoms with Gasteiger partial charge in [-0.05, 0) is 12.8 Å². The molecule has 1 atom stereocenters. The summed E-state index contributed by atoms with van der Waals surface area (Å²) in [6.45, 7) is 1.47. The van der Waals surface area contributed by atoms with Gasteiger partial charge < -0.3 is 9.84 Å². The van der Waals surface area contributed by atoms with Crippen molar-refractivity contribution in [1.29, 1.82) is 0 Å². The molecule has 76 valence electrons. The highest BCUT2D eigenvalue weighted by Crippen LogP contribution is 2.16. The predicted octanol–water partition coefficient (Wildman–Crippen LogP) is 1.14. The first-order valence-electron chi connectivity index (χ1n) is 5.06. The van der Waals surface area contributed by atoms with Crippen LogP contribution in [0.3, 0.4) is 0 Å². The molecule has 0 aromatic heterocycles. The summed E-state index contributed by atoms with van der Waals surface area (Å²) in [6, 6.07) is 0. The Balaban J connectivity index is 2.08. The number of carbonyl (C=O) groups excluding carboxylic acids is 1. The number of unbranched alkanes of at least 4 members (excludes halogenated alkanes) is 2. The van der Waals surface area contributed by atoms with Gasteiger partial charge >= 0.3 is 0 Å². The highest BCUT2D eigenvalue weighted by molar-refractivity contribution is 5.81. The molecule has 0 spiro atoms. The van der Waals surface area contributed by atoms with Crippen molar-refractivity contribution in [1.82, 2.24) is 0 Å². The van der Waals surface area contributed by atoms with Gasteiger partial charge in [0.05, 0.1) is 13.2 Å². The molecule has 1 aliphatic rings. The maximum absolute atomic E-state index is 11.3. The van der Waals surface area contributed by atoms with Crippen LogP contribution in [0.4, 0.5) is 0 Å². The molecule has 1 N–H and O–H groups in total. The van der Waals surface area contributed by atoms with Crippen molar-refractivity contribution in [3.05, 3.63) is 0 Å². The number of rotatable bonds is 5. The van der Waals surface area contributed by atoms with Gasteiger partial charge in [0.25, 0.3) is 0 Å². The maximum atomic E-state index is 11.3. The van der Waals surface area contributed by atoms with Crippen LogP contribution < -0.4 is 0 Å². The first-order chi connectivity index (χ1) is 6.34. The van der Waals surface area contributed by atoms with Gasteiger partial charge in [0.2, 0.25) is 0 Å². The van der Waals surface area contributed by atoms with E-state index in [4.69, 9.17) is 9.84 Å². The smallest absolute Gasteiger partial charge is 0.140 e. The lowest BCUT2D eigenvalue weighted by Gasteiger charge is -2.20. The Bertz CT molecular complexity index is 156. The Hall–Kier alpha value is -0.410. The van der Waals surface area contributed by atoms with Crippen LogP contribution in [0, 0.1) is 5.92 Å². The summed E-state index contributed by atoms with van der Waals surface area (Å²) >= 11 is 0. The minimum Gasteiger partial charge on any atom is -0.396 e. The fourth-order valence-electron chi connectivity index (χ4n) is 1.62. The quantitative estimate of drug-likeness (QED) is 0.655. The van der Waals surface area contributed by atoms with Gasteiger partial charge in [-0.15, -0.1) is 0 Å². The van der Waals surface area contributed by atoms with Gasteiger partial charge in [-0.25, -0.2) is 0 Å². The second-order valence-corrected chi connectivity index (χ2v) is 3.56. The molecule has 0 aromatic carbocycles. The van der Waals surface area contributed by atoms with Crippen molar-refractivity contribution >= 4 is 5.78 Å². The fraction of sp³-hybridized carbons (Fsp3) is 0.900. The topological polar surface area (TPSA) is 46.5 Å². The van der Waals surface area contributed by atoms with Crippen molar-refractivity contribution in [2.75, 3.05) is 19.8 Å². The molecule has 1 heterocycles.